The Balaban J connectivity index is 2.18. The van der Waals surface area contributed by atoms with E-state index in [-0.39, 0.29) is 23.8 Å². The van der Waals surface area contributed by atoms with Crippen molar-refractivity contribution in [2.45, 2.75) is 71.9 Å². The molecule has 0 aliphatic heterocycles. The second kappa shape index (κ2) is 13.0. The van der Waals surface area contributed by atoms with Gasteiger partial charge in [-0.05, 0) is 53.6 Å². The molecule has 0 bridgehead atoms. The molecule has 0 saturated heterocycles. The number of methoxy groups -OCH3 is 1. The van der Waals surface area contributed by atoms with Crippen LogP contribution in [0.1, 0.15) is 65.0 Å². The molecule has 6 nitrogen and oxygen atoms in total. The van der Waals surface area contributed by atoms with Gasteiger partial charge in [0.05, 0.1) is 7.11 Å². The molecule has 0 heterocycles. The average molecular weight is 469 g/mol. The van der Waals surface area contributed by atoms with Crippen LogP contribution < -0.4 is 14.8 Å². The van der Waals surface area contributed by atoms with Crippen molar-refractivity contribution in [2.24, 2.45) is 0 Å². The smallest absolute Gasteiger partial charge is 0.261 e. The van der Waals surface area contributed by atoms with E-state index in [2.05, 4.69) is 33.0 Å². The van der Waals surface area contributed by atoms with Gasteiger partial charge in [-0.25, -0.2) is 0 Å². The molecule has 2 rings (SSSR count). The maximum absolute atomic E-state index is 13.3. The van der Waals surface area contributed by atoms with Gasteiger partial charge in [0.1, 0.15) is 17.5 Å². The van der Waals surface area contributed by atoms with Gasteiger partial charge in [-0.3, -0.25) is 9.59 Å². The fraction of sp³-hybridized carbons (Fsp3) is 0.500. The minimum Gasteiger partial charge on any atom is -0.497 e. The lowest BCUT2D eigenvalue weighted by Crippen LogP contribution is -2.50. The lowest BCUT2D eigenvalue weighted by atomic mass is 9.87. The van der Waals surface area contributed by atoms with Crippen LogP contribution in [0.3, 0.4) is 0 Å². The first kappa shape index (κ1) is 27.2. The molecule has 0 aliphatic carbocycles. The number of hydrogen-bond donors (Lipinski definition) is 1. The number of ether oxygens (including phenoxy) is 2. The predicted molar refractivity (Wildman–Crippen MR) is 136 cm³/mol. The number of amides is 2. The summed E-state index contributed by atoms with van der Waals surface area (Å²) in [6, 6.07) is 14.8. The minimum atomic E-state index is -0.581. The van der Waals surface area contributed by atoms with Gasteiger partial charge in [0.15, 0.2) is 6.61 Å². The van der Waals surface area contributed by atoms with E-state index in [1.807, 2.05) is 55.5 Å². The monoisotopic (exact) mass is 468 g/mol. The molecule has 2 aromatic rings. The van der Waals surface area contributed by atoms with E-state index >= 15 is 0 Å². The van der Waals surface area contributed by atoms with Gasteiger partial charge in [-0.2, -0.15) is 0 Å². The van der Waals surface area contributed by atoms with Crippen molar-refractivity contribution in [3.8, 4) is 11.5 Å². The van der Waals surface area contributed by atoms with Crippen LogP contribution in [0.2, 0.25) is 0 Å². The Morgan fingerprint density at radius 2 is 1.74 bits per heavy atom. The molecule has 1 atom stereocenters. The maximum Gasteiger partial charge on any atom is 0.261 e. The van der Waals surface area contributed by atoms with Gasteiger partial charge in [-0.15, -0.1) is 0 Å². The van der Waals surface area contributed by atoms with Crippen molar-refractivity contribution in [1.29, 1.82) is 0 Å². The molecule has 0 spiro atoms. The fourth-order valence-electron chi connectivity index (χ4n) is 3.67. The number of nitrogens with one attached hydrogen (secondary N) is 1. The van der Waals surface area contributed by atoms with E-state index in [1.54, 1.807) is 12.0 Å². The highest BCUT2D eigenvalue weighted by molar-refractivity contribution is 5.88. The third-order valence-corrected chi connectivity index (χ3v) is 5.79. The zero-order chi connectivity index (χ0) is 25.1. The predicted octanol–water partition coefficient (Wildman–Crippen LogP) is 5.10. The van der Waals surface area contributed by atoms with E-state index in [0.29, 0.717) is 31.0 Å². The van der Waals surface area contributed by atoms with Crippen LogP contribution >= 0.6 is 0 Å². The summed E-state index contributed by atoms with van der Waals surface area (Å²) in [6.07, 6.45) is 2.40. The Morgan fingerprint density at radius 1 is 1.03 bits per heavy atom. The lowest BCUT2D eigenvalue weighted by molar-refractivity contribution is -0.143. The highest BCUT2D eigenvalue weighted by Gasteiger charge is 2.29. The number of benzene rings is 2. The average Bonchev–Trinajstić information content (AvgIpc) is 2.82. The van der Waals surface area contributed by atoms with Crippen LogP contribution in [-0.2, 0) is 21.5 Å². The first-order valence-corrected chi connectivity index (χ1v) is 12.1. The van der Waals surface area contributed by atoms with Gasteiger partial charge >= 0.3 is 0 Å². The van der Waals surface area contributed by atoms with Gasteiger partial charge in [0.2, 0.25) is 5.91 Å². The van der Waals surface area contributed by atoms with E-state index < -0.39 is 6.04 Å². The summed E-state index contributed by atoms with van der Waals surface area (Å²) in [5.41, 5.74) is 2.13. The number of hydrogen-bond acceptors (Lipinski definition) is 4. The number of unbranched alkanes of at least 4 members (excludes halogenated alkanes) is 1. The molecule has 6 heteroatoms. The third kappa shape index (κ3) is 8.08. The van der Waals surface area contributed by atoms with Crippen molar-refractivity contribution in [1.82, 2.24) is 10.2 Å². The normalized spacial score (nSPS) is 12.1. The molecule has 2 amide bonds. The molecule has 0 radical (unpaired) electrons. The highest BCUT2D eigenvalue weighted by Crippen LogP contribution is 2.24. The van der Waals surface area contributed by atoms with Crippen molar-refractivity contribution >= 4 is 11.8 Å². The van der Waals surface area contributed by atoms with Crippen molar-refractivity contribution in [2.75, 3.05) is 20.3 Å². The summed E-state index contributed by atoms with van der Waals surface area (Å²) in [5.74, 6) is 0.964. The summed E-state index contributed by atoms with van der Waals surface area (Å²) >= 11 is 0. The number of carbonyl (C=O) groups excluding carboxylic acids is 2. The van der Waals surface area contributed by atoms with Crippen molar-refractivity contribution in [3.05, 3.63) is 59.7 Å². The second-order valence-corrected chi connectivity index (χ2v) is 9.50. The van der Waals surface area contributed by atoms with Gasteiger partial charge in [0, 0.05) is 13.1 Å². The molecule has 2 aromatic carbocycles. The molecule has 0 aromatic heterocycles. The zero-order valence-corrected chi connectivity index (χ0v) is 21.5. The Kier molecular flexibility index (Phi) is 10.4. The van der Waals surface area contributed by atoms with E-state index in [4.69, 9.17) is 9.47 Å². The molecule has 1 N–H and O–H groups in total. The molecule has 34 heavy (non-hydrogen) atoms. The summed E-state index contributed by atoms with van der Waals surface area (Å²) in [4.78, 5) is 27.9. The molecule has 0 fully saturated rings. The Hall–Kier alpha value is -3.02. The molecule has 0 saturated carbocycles. The van der Waals surface area contributed by atoms with Gasteiger partial charge in [-0.1, -0.05) is 65.3 Å². The van der Waals surface area contributed by atoms with E-state index in [9.17, 15) is 9.59 Å². The highest BCUT2D eigenvalue weighted by atomic mass is 16.5. The van der Waals surface area contributed by atoms with Crippen LogP contribution in [0.15, 0.2) is 48.5 Å². The van der Waals surface area contributed by atoms with Crippen LogP contribution in [0.5, 0.6) is 11.5 Å². The lowest BCUT2D eigenvalue weighted by Gasteiger charge is -2.30. The van der Waals surface area contributed by atoms with Crippen LogP contribution in [-0.4, -0.2) is 43.0 Å². The van der Waals surface area contributed by atoms with Gasteiger partial charge in [0.25, 0.3) is 5.91 Å². The van der Waals surface area contributed by atoms with Crippen LogP contribution in [0, 0.1) is 0 Å². The quantitative estimate of drug-likeness (QED) is 0.440. The summed E-state index contributed by atoms with van der Waals surface area (Å²) in [6.45, 7) is 11.2. The van der Waals surface area contributed by atoms with Crippen LogP contribution in [0.4, 0.5) is 0 Å². The molecular formula is C28H40N2O4. The van der Waals surface area contributed by atoms with E-state index in [1.165, 1.54) is 5.56 Å². The summed E-state index contributed by atoms with van der Waals surface area (Å²) in [7, 11) is 1.61. The molecule has 186 valence electrons. The van der Waals surface area contributed by atoms with E-state index in [0.717, 1.165) is 18.4 Å². The minimum absolute atomic E-state index is 0.0430. The van der Waals surface area contributed by atoms with Crippen molar-refractivity contribution < 1.29 is 19.1 Å². The Bertz CT molecular complexity index is 919. The third-order valence-electron chi connectivity index (χ3n) is 5.79. The standard InChI is InChI=1S/C28H40N2O4/c1-7-9-17-29-27(32)25(8-2)30(19-21-11-10-12-24(18-21)33-6)26(31)20-34-23-15-13-22(14-16-23)28(3,4)5/h10-16,18,25H,7-9,17,19-20H2,1-6H3,(H,29,32). The number of carbonyl (C=O) groups is 2. The first-order chi connectivity index (χ1) is 16.2. The van der Waals surface area contributed by atoms with Crippen molar-refractivity contribution in [3.63, 3.8) is 0 Å². The topological polar surface area (TPSA) is 67.9 Å². The largest absolute Gasteiger partial charge is 0.497 e. The second-order valence-electron chi connectivity index (χ2n) is 9.50. The van der Waals surface area contributed by atoms with Crippen LogP contribution in [0.25, 0.3) is 0 Å². The number of rotatable bonds is 12. The SMILES string of the molecule is CCCCNC(=O)C(CC)N(Cc1cccc(OC)c1)C(=O)COc1ccc(C(C)(C)C)cc1. The Morgan fingerprint density at radius 3 is 2.32 bits per heavy atom. The summed E-state index contributed by atoms with van der Waals surface area (Å²) in [5, 5.41) is 2.97. The first-order valence-electron chi connectivity index (χ1n) is 12.1. The summed E-state index contributed by atoms with van der Waals surface area (Å²) < 4.78 is 11.2. The molecule has 0 aliphatic rings. The number of nitrogens with zero attached hydrogens (tertiary/aromatic N) is 1. The fourth-order valence-corrected chi connectivity index (χ4v) is 3.67. The maximum atomic E-state index is 13.3. The molecule has 1 unspecified atom stereocenters. The van der Waals surface area contributed by atoms with Gasteiger partial charge < -0.3 is 19.7 Å². The Labute approximate surface area is 204 Å². The molecular weight excluding hydrogens is 428 g/mol. The zero-order valence-electron chi connectivity index (χ0n) is 21.5.